The fourth-order valence-electron chi connectivity index (χ4n) is 2.48. The number of pyridine rings is 1. The number of non-ortho nitro benzene ring substituents is 1. The molecule has 0 aliphatic heterocycles. The summed E-state index contributed by atoms with van der Waals surface area (Å²) >= 11 is 0. The molecular formula is C16H21N5O7S2. The highest BCUT2D eigenvalue weighted by molar-refractivity contribution is 7.89. The number of hydrogen-bond donors (Lipinski definition) is 2. The summed E-state index contributed by atoms with van der Waals surface area (Å²) in [6.07, 6.45) is 1.10. The van der Waals surface area contributed by atoms with Gasteiger partial charge in [-0.05, 0) is 18.2 Å². The largest absolute Gasteiger partial charge is 0.495 e. The predicted molar refractivity (Wildman–Crippen MR) is 108 cm³/mol. The topological polar surface area (TPSA) is 161 Å². The first-order chi connectivity index (χ1) is 14.1. The highest BCUT2D eigenvalue weighted by Crippen LogP contribution is 2.28. The Bertz CT molecular complexity index is 1120. The van der Waals surface area contributed by atoms with Gasteiger partial charge in [0, 0.05) is 31.4 Å². The van der Waals surface area contributed by atoms with Crippen LogP contribution in [0, 0.1) is 10.1 Å². The average molecular weight is 460 g/mol. The predicted octanol–water partition coefficient (Wildman–Crippen LogP) is 1.33. The number of rotatable bonds is 10. The third-order valence-electron chi connectivity index (χ3n) is 4.04. The van der Waals surface area contributed by atoms with Crippen molar-refractivity contribution in [2.45, 2.75) is 23.6 Å². The van der Waals surface area contributed by atoms with Gasteiger partial charge in [0.1, 0.15) is 21.4 Å². The van der Waals surface area contributed by atoms with E-state index in [2.05, 4.69) is 10.4 Å². The molecule has 0 aliphatic rings. The molecule has 2 rings (SSSR count). The molecule has 0 atom stereocenters. The zero-order valence-electron chi connectivity index (χ0n) is 16.4. The highest BCUT2D eigenvalue weighted by Gasteiger charge is 2.24. The Hall–Kier alpha value is -2.81. The van der Waals surface area contributed by atoms with Gasteiger partial charge in [0.05, 0.1) is 12.0 Å². The van der Waals surface area contributed by atoms with Gasteiger partial charge in [-0.3, -0.25) is 15.5 Å². The molecule has 14 heteroatoms. The molecule has 2 aromatic rings. The second kappa shape index (κ2) is 9.34. The third-order valence-corrected chi connectivity index (χ3v) is 7.34. The van der Waals surface area contributed by atoms with Gasteiger partial charge >= 0.3 is 0 Å². The minimum atomic E-state index is -4.27. The van der Waals surface area contributed by atoms with Crippen molar-refractivity contribution < 1.29 is 26.5 Å². The molecule has 0 fully saturated rings. The van der Waals surface area contributed by atoms with Crippen molar-refractivity contribution in [3.8, 4) is 5.75 Å². The fraction of sp³-hybridized carbons (Fsp3) is 0.312. The summed E-state index contributed by atoms with van der Waals surface area (Å²) < 4.78 is 56.2. The van der Waals surface area contributed by atoms with E-state index < -0.39 is 35.6 Å². The van der Waals surface area contributed by atoms with E-state index in [0.29, 0.717) is 13.1 Å². The van der Waals surface area contributed by atoms with Crippen molar-refractivity contribution in [1.29, 1.82) is 0 Å². The van der Waals surface area contributed by atoms with Gasteiger partial charge < -0.3 is 4.74 Å². The summed E-state index contributed by atoms with van der Waals surface area (Å²) in [7, 11) is -6.75. The van der Waals surface area contributed by atoms with Crippen LogP contribution >= 0.6 is 0 Å². The van der Waals surface area contributed by atoms with Crippen molar-refractivity contribution in [2.24, 2.45) is 0 Å². The lowest BCUT2D eigenvalue weighted by Gasteiger charge is -2.18. The SMILES string of the molecule is CCN(CC)S(=O)(=O)c1ccc(NNS(=O)(=O)c2cc([N+](=O)[O-])ccc2OC)nc1. The van der Waals surface area contributed by atoms with E-state index >= 15 is 0 Å². The number of hydrazine groups is 1. The van der Waals surface area contributed by atoms with Crippen LogP contribution in [0.3, 0.4) is 0 Å². The van der Waals surface area contributed by atoms with Crippen LogP contribution < -0.4 is 15.0 Å². The molecule has 0 bridgehead atoms. The number of aromatic nitrogens is 1. The van der Waals surface area contributed by atoms with Crippen LogP contribution in [0.15, 0.2) is 46.3 Å². The molecule has 0 radical (unpaired) electrons. The number of methoxy groups -OCH3 is 1. The van der Waals surface area contributed by atoms with Crippen LogP contribution in [-0.2, 0) is 20.0 Å². The number of sulfonamides is 2. The zero-order valence-corrected chi connectivity index (χ0v) is 18.0. The normalized spacial score (nSPS) is 12.0. The van der Waals surface area contributed by atoms with Crippen molar-refractivity contribution >= 4 is 31.6 Å². The minimum absolute atomic E-state index is 0.0152. The number of nitrogens with one attached hydrogen (secondary N) is 2. The van der Waals surface area contributed by atoms with Gasteiger partial charge in [-0.2, -0.15) is 4.31 Å². The molecule has 0 amide bonds. The van der Waals surface area contributed by atoms with E-state index in [0.717, 1.165) is 24.4 Å². The summed E-state index contributed by atoms with van der Waals surface area (Å²) in [5.74, 6) is -0.0787. The second-order valence-electron chi connectivity index (χ2n) is 5.79. The molecular weight excluding hydrogens is 438 g/mol. The van der Waals surface area contributed by atoms with Crippen LogP contribution in [0.5, 0.6) is 5.75 Å². The monoisotopic (exact) mass is 459 g/mol. The maximum Gasteiger partial charge on any atom is 0.271 e. The van der Waals surface area contributed by atoms with Gasteiger partial charge in [0.15, 0.2) is 0 Å². The van der Waals surface area contributed by atoms with Crippen molar-refractivity contribution in [1.82, 2.24) is 14.1 Å². The maximum atomic E-state index is 12.5. The van der Waals surface area contributed by atoms with E-state index in [4.69, 9.17) is 4.74 Å². The van der Waals surface area contributed by atoms with Gasteiger partial charge in [-0.1, -0.05) is 13.8 Å². The van der Waals surface area contributed by atoms with Crippen molar-refractivity contribution in [3.05, 3.63) is 46.6 Å². The first kappa shape index (κ1) is 23.5. The van der Waals surface area contributed by atoms with E-state index in [1.54, 1.807) is 13.8 Å². The van der Waals surface area contributed by atoms with Gasteiger partial charge in [-0.25, -0.2) is 21.8 Å². The number of benzene rings is 1. The number of nitro benzene ring substituents is 1. The molecule has 30 heavy (non-hydrogen) atoms. The Kier molecular flexibility index (Phi) is 7.30. The number of anilines is 1. The summed E-state index contributed by atoms with van der Waals surface area (Å²) in [5, 5.41) is 10.9. The fourth-order valence-corrected chi connectivity index (χ4v) is 4.93. The quantitative estimate of drug-likeness (QED) is 0.394. The molecule has 1 aromatic carbocycles. The van der Waals surface area contributed by atoms with Crippen molar-refractivity contribution in [2.75, 3.05) is 25.6 Å². The van der Waals surface area contributed by atoms with Crippen molar-refractivity contribution in [3.63, 3.8) is 0 Å². The summed E-state index contributed by atoms with van der Waals surface area (Å²) in [6, 6.07) is 5.70. The van der Waals surface area contributed by atoms with Crippen LogP contribution in [-0.4, -0.2) is 51.2 Å². The van der Waals surface area contributed by atoms with E-state index in [1.807, 2.05) is 4.83 Å². The van der Waals surface area contributed by atoms with Gasteiger partial charge in [0.25, 0.3) is 15.7 Å². The molecule has 0 aliphatic carbocycles. The molecule has 2 N–H and O–H groups in total. The van der Waals surface area contributed by atoms with E-state index in [-0.39, 0.29) is 16.5 Å². The Labute approximate surface area is 174 Å². The van der Waals surface area contributed by atoms with Crippen LogP contribution in [0.1, 0.15) is 13.8 Å². The summed E-state index contributed by atoms with van der Waals surface area (Å²) in [4.78, 5) is 15.6. The van der Waals surface area contributed by atoms with Crippen LogP contribution in [0.2, 0.25) is 0 Å². The lowest BCUT2D eigenvalue weighted by atomic mass is 10.3. The number of ether oxygens (including phenoxy) is 1. The molecule has 1 aromatic heterocycles. The Balaban J connectivity index is 2.23. The zero-order chi connectivity index (χ0) is 22.5. The van der Waals surface area contributed by atoms with Crippen LogP contribution in [0.4, 0.5) is 11.5 Å². The standard InChI is InChI=1S/C16H21N5O7S2/c1-4-20(5-2)30(26,27)13-7-9-16(17-11-13)18-19-29(24,25)15-10-12(21(22)23)6-8-14(15)28-3/h6-11,19H,4-5H2,1-3H3,(H,17,18). The Morgan fingerprint density at radius 3 is 2.30 bits per heavy atom. The average Bonchev–Trinajstić information content (AvgIpc) is 2.72. The number of nitro groups is 1. The Morgan fingerprint density at radius 1 is 1.13 bits per heavy atom. The summed E-state index contributed by atoms with van der Waals surface area (Å²) in [6.45, 7) is 4.01. The molecule has 0 unspecified atom stereocenters. The lowest BCUT2D eigenvalue weighted by Crippen LogP contribution is -2.31. The lowest BCUT2D eigenvalue weighted by molar-refractivity contribution is -0.385. The highest BCUT2D eigenvalue weighted by atomic mass is 32.2. The minimum Gasteiger partial charge on any atom is -0.495 e. The van der Waals surface area contributed by atoms with E-state index in [9.17, 15) is 26.9 Å². The maximum absolute atomic E-state index is 12.5. The first-order valence-corrected chi connectivity index (χ1v) is 11.6. The van der Waals surface area contributed by atoms with Gasteiger partial charge in [0.2, 0.25) is 10.0 Å². The molecule has 12 nitrogen and oxygen atoms in total. The third kappa shape index (κ3) is 5.02. The first-order valence-electron chi connectivity index (χ1n) is 8.63. The molecule has 164 valence electrons. The molecule has 0 saturated heterocycles. The molecule has 0 saturated carbocycles. The smallest absolute Gasteiger partial charge is 0.271 e. The van der Waals surface area contributed by atoms with E-state index in [1.165, 1.54) is 23.5 Å². The van der Waals surface area contributed by atoms with Crippen LogP contribution in [0.25, 0.3) is 0 Å². The molecule has 0 spiro atoms. The second-order valence-corrected chi connectivity index (χ2v) is 9.38. The summed E-state index contributed by atoms with van der Waals surface area (Å²) in [5.41, 5.74) is 1.91. The number of nitrogens with zero attached hydrogens (tertiary/aromatic N) is 3. The van der Waals surface area contributed by atoms with Gasteiger partial charge in [-0.15, -0.1) is 4.83 Å². The Morgan fingerprint density at radius 2 is 1.80 bits per heavy atom. The molecule has 1 heterocycles. The number of hydrogen-bond acceptors (Lipinski definition) is 9.